The highest BCUT2D eigenvalue weighted by Gasteiger charge is 2.26. The van der Waals surface area contributed by atoms with Crippen molar-refractivity contribution >= 4 is 10.0 Å². The third-order valence-electron chi connectivity index (χ3n) is 5.39. The van der Waals surface area contributed by atoms with Crippen LogP contribution in [-0.2, 0) is 10.0 Å². The maximum atomic E-state index is 13.5. The molecule has 158 valence electrons. The van der Waals surface area contributed by atoms with Gasteiger partial charge in [-0.1, -0.05) is 12.1 Å². The van der Waals surface area contributed by atoms with Gasteiger partial charge < -0.3 is 9.64 Å². The Bertz CT molecular complexity index is 927. The molecular weight excluding hydrogens is 393 g/mol. The summed E-state index contributed by atoms with van der Waals surface area (Å²) in [5.74, 6) is 0.339. The molecule has 0 aliphatic carbocycles. The first-order valence-corrected chi connectivity index (χ1v) is 11.1. The Morgan fingerprint density at radius 3 is 2.34 bits per heavy atom. The molecule has 0 radical (unpaired) electrons. The Morgan fingerprint density at radius 2 is 1.76 bits per heavy atom. The summed E-state index contributed by atoms with van der Waals surface area (Å²) in [7, 11) is -0.0438. The van der Waals surface area contributed by atoms with Crippen LogP contribution < -0.4 is 9.46 Å². The fourth-order valence-electron chi connectivity index (χ4n) is 3.47. The van der Waals surface area contributed by atoms with Gasteiger partial charge in [-0.2, -0.15) is 0 Å². The van der Waals surface area contributed by atoms with Crippen molar-refractivity contribution in [1.82, 2.24) is 14.5 Å². The van der Waals surface area contributed by atoms with Crippen LogP contribution in [0, 0.1) is 12.7 Å². The molecule has 6 nitrogen and oxygen atoms in total. The third-order valence-corrected chi connectivity index (χ3v) is 6.81. The molecule has 0 unspecified atom stereocenters. The van der Waals surface area contributed by atoms with Gasteiger partial charge in [-0.25, -0.2) is 17.5 Å². The van der Waals surface area contributed by atoms with Gasteiger partial charge in [0.1, 0.15) is 11.6 Å². The van der Waals surface area contributed by atoms with Gasteiger partial charge in [0.2, 0.25) is 10.0 Å². The quantitative estimate of drug-likeness (QED) is 0.744. The highest BCUT2D eigenvalue weighted by molar-refractivity contribution is 7.89. The predicted molar refractivity (Wildman–Crippen MR) is 111 cm³/mol. The molecule has 2 aromatic carbocycles. The number of piperazine rings is 1. The normalized spacial score (nSPS) is 17.2. The van der Waals surface area contributed by atoms with Crippen LogP contribution in [0.25, 0.3) is 0 Å². The second-order valence-electron chi connectivity index (χ2n) is 7.39. The maximum Gasteiger partial charge on any atom is 0.240 e. The average Bonchev–Trinajstić information content (AvgIpc) is 2.71. The first-order valence-electron chi connectivity index (χ1n) is 9.62. The minimum absolute atomic E-state index is 0.0725. The molecule has 1 heterocycles. The van der Waals surface area contributed by atoms with E-state index in [4.69, 9.17) is 4.74 Å². The third kappa shape index (κ3) is 5.33. The molecular formula is C21H28FN3O3S. The van der Waals surface area contributed by atoms with E-state index in [-0.39, 0.29) is 17.5 Å². The minimum atomic E-state index is -3.74. The van der Waals surface area contributed by atoms with E-state index in [0.29, 0.717) is 5.56 Å². The molecule has 8 heteroatoms. The molecule has 0 saturated carbocycles. The summed E-state index contributed by atoms with van der Waals surface area (Å²) >= 11 is 0. The summed E-state index contributed by atoms with van der Waals surface area (Å²) < 4.78 is 47.1. The molecule has 3 rings (SSSR count). The van der Waals surface area contributed by atoms with Crippen LogP contribution in [0.15, 0.2) is 47.4 Å². The number of rotatable bonds is 7. The number of ether oxygens (including phenoxy) is 1. The van der Waals surface area contributed by atoms with E-state index in [9.17, 15) is 12.8 Å². The molecule has 1 aliphatic rings. The van der Waals surface area contributed by atoms with Crippen LogP contribution in [0.2, 0.25) is 0 Å². The predicted octanol–water partition coefficient (Wildman–Crippen LogP) is 2.41. The molecule has 1 N–H and O–H groups in total. The molecule has 1 aliphatic heterocycles. The smallest absolute Gasteiger partial charge is 0.240 e. The van der Waals surface area contributed by atoms with Gasteiger partial charge in [0.25, 0.3) is 0 Å². The number of hydrogen-bond acceptors (Lipinski definition) is 5. The lowest BCUT2D eigenvalue weighted by Crippen LogP contribution is -2.48. The molecule has 0 amide bonds. The lowest BCUT2D eigenvalue weighted by molar-refractivity contribution is 0.113. The number of methoxy groups -OCH3 is 1. The second kappa shape index (κ2) is 9.21. The molecule has 0 bridgehead atoms. The van der Waals surface area contributed by atoms with Crippen molar-refractivity contribution in [2.45, 2.75) is 17.9 Å². The number of aryl methyl sites for hydroxylation is 1. The van der Waals surface area contributed by atoms with Crippen molar-refractivity contribution < 1.29 is 17.5 Å². The van der Waals surface area contributed by atoms with Crippen molar-refractivity contribution in [3.05, 3.63) is 59.4 Å². The monoisotopic (exact) mass is 421 g/mol. The van der Waals surface area contributed by atoms with Gasteiger partial charge in [-0.05, 0) is 55.4 Å². The van der Waals surface area contributed by atoms with Gasteiger partial charge in [0, 0.05) is 38.8 Å². The number of nitrogens with one attached hydrogen (secondary N) is 1. The topological polar surface area (TPSA) is 61.9 Å². The first-order chi connectivity index (χ1) is 13.8. The first kappa shape index (κ1) is 21.7. The number of hydrogen-bond donors (Lipinski definition) is 1. The Balaban J connectivity index is 1.81. The second-order valence-corrected chi connectivity index (χ2v) is 9.16. The van der Waals surface area contributed by atoms with Crippen molar-refractivity contribution in [2.75, 3.05) is 46.9 Å². The van der Waals surface area contributed by atoms with E-state index in [1.54, 1.807) is 14.0 Å². The number of sulfonamides is 1. The zero-order valence-electron chi connectivity index (χ0n) is 17.1. The van der Waals surface area contributed by atoms with E-state index in [1.807, 2.05) is 24.3 Å². The van der Waals surface area contributed by atoms with Crippen molar-refractivity contribution in [2.24, 2.45) is 0 Å². The van der Waals surface area contributed by atoms with Crippen molar-refractivity contribution in [1.29, 1.82) is 0 Å². The highest BCUT2D eigenvalue weighted by Crippen LogP contribution is 2.25. The fourth-order valence-corrected chi connectivity index (χ4v) is 4.60. The van der Waals surface area contributed by atoms with E-state index in [0.717, 1.165) is 37.5 Å². The molecule has 1 saturated heterocycles. The summed E-state index contributed by atoms with van der Waals surface area (Å²) in [5, 5.41) is 0. The van der Waals surface area contributed by atoms with Crippen LogP contribution >= 0.6 is 0 Å². The molecule has 0 spiro atoms. The molecule has 2 aromatic rings. The SMILES string of the molecule is COc1ccc([C@H](CNS(=O)(=O)c2ccc(F)c(C)c2)N2CCN(C)CC2)cc1. The lowest BCUT2D eigenvalue weighted by Gasteiger charge is -2.38. The molecule has 29 heavy (non-hydrogen) atoms. The van der Waals surface area contributed by atoms with E-state index >= 15 is 0 Å². The lowest BCUT2D eigenvalue weighted by atomic mass is 10.0. The fraction of sp³-hybridized carbons (Fsp3) is 0.429. The van der Waals surface area contributed by atoms with Crippen LogP contribution in [0.4, 0.5) is 4.39 Å². The largest absolute Gasteiger partial charge is 0.497 e. The van der Waals surface area contributed by atoms with Gasteiger partial charge in [0.05, 0.1) is 12.0 Å². The van der Waals surface area contributed by atoms with Gasteiger partial charge in [-0.3, -0.25) is 4.90 Å². The van der Waals surface area contributed by atoms with Crippen molar-refractivity contribution in [3.8, 4) is 5.75 Å². The van der Waals surface area contributed by atoms with E-state index in [2.05, 4.69) is 21.6 Å². The van der Waals surface area contributed by atoms with Crippen LogP contribution in [-0.4, -0.2) is 65.1 Å². The number of likely N-dealkylation sites (N-methyl/N-ethyl adjacent to an activating group) is 1. The summed E-state index contributed by atoms with van der Waals surface area (Å²) in [6, 6.07) is 11.4. The van der Waals surface area contributed by atoms with Gasteiger partial charge >= 0.3 is 0 Å². The average molecular weight is 422 g/mol. The zero-order chi connectivity index (χ0) is 21.0. The van der Waals surface area contributed by atoms with Crippen molar-refractivity contribution in [3.63, 3.8) is 0 Å². The minimum Gasteiger partial charge on any atom is -0.497 e. The molecule has 1 fully saturated rings. The summed E-state index contributed by atoms with van der Waals surface area (Å²) in [6.07, 6.45) is 0. The van der Waals surface area contributed by atoms with E-state index < -0.39 is 15.8 Å². The summed E-state index contributed by atoms with van der Waals surface area (Å²) in [4.78, 5) is 4.62. The summed E-state index contributed by atoms with van der Waals surface area (Å²) in [5.41, 5.74) is 1.33. The number of halogens is 1. The standard InChI is InChI=1S/C21H28FN3O3S/c1-16-14-19(8-9-20(16)22)29(26,27)23-15-21(25-12-10-24(2)11-13-25)17-4-6-18(28-3)7-5-17/h4-9,14,21,23H,10-13,15H2,1-3H3/t21-/m0/s1. The van der Waals surface area contributed by atoms with Gasteiger partial charge in [0.15, 0.2) is 0 Å². The van der Waals surface area contributed by atoms with Crippen LogP contribution in [0.5, 0.6) is 5.75 Å². The van der Waals surface area contributed by atoms with E-state index in [1.165, 1.54) is 18.2 Å². The Hall–Kier alpha value is -2.00. The van der Waals surface area contributed by atoms with Crippen LogP contribution in [0.3, 0.4) is 0 Å². The maximum absolute atomic E-state index is 13.5. The highest BCUT2D eigenvalue weighted by atomic mass is 32.2. The van der Waals surface area contributed by atoms with Crippen LogP contribution in [0.1, 0.15) is 17.2 Å². The Morgan fingerprint density at radius 1 is 1.10 bits per heavy atom. The Labute approximate surface area is 172 Å². The zero-order valence-corrected chi connectivity index (χ0v) is 17.9. The molecule has 0 aromatic heterocycles. The number of nitrogens with zero attached hydrogens (tertiary/aromatic N) is 2. The summed E-state index contributed by atoms with van der Waals surface area (Å²) in [6.45, 7) is 5.34. The van der Waals surface area contributed by atoms with Gasteiger partial charge in [-0.15, -0.1) is 0 Å². The molecule has 1 atom stereocenters. The number of benzene rings is 2. The Kier molecular flexibility index (Phi) is 6.89.